The highest BCUT2D eigenvalue weighted by Gasteiger charge is 2.31. The van der Waals surface area contributed by atoms with Gasteiger partial charge in [0.2, 0.25) is 0 Å². The Hall–Kier alpha value is -1.07. The topological polar surface area (TPSA) is 52.6 Å². The summed E-state index contributed by atoms with van der Waals surface area (Å²) in [5.74, 6) is 0. The maximum Gasteiger partial charge on any atom is 0.317 e. The van der Waals surface area contributed by atoms with Crippen LogP contribution in [0.1, 0.15) is 35.4 Å². The summed E-state index contributed by atoms with van der Waals surface area (Å²) in [4.78, 5) is 16.5. The molecule has 4 nitrogen and oxygen atoms in total. The van der Waals surface area contributed by atoms with Crippen LogP contribution < -0.4 is 5.32 Å². The summed E-state index contributed by atoms with van der Waals surface area (Å²) in [6, 6.07) is 4.59. The van der Waals surface area contributed by atoms with E-state index < -0.39 is 0 Å². The quantitative estimate of drug-likeness (QED) is 0.755. The first-order valence-electron chi connectivity index (χ1n) is 6.91. The molecule has 19 heavy (non-hydrogen) atoms. The van der Waals surface area contributed by atoms with Crippen molar-refractivity contribution in [3.8, 4) is 0 Å². The lowest BCUT2D eigenvalue weighted by Crippen LogP contribution is -2.41. The fourth-order valence-electron chi connectivity index (χ4n) is 2.07. The van der Waals surface area contributed by atoms with Crippen LogP contribution in [0.2, 0.25) is 0 Å². The van der Waals surface area contributed by atoms with Crippen molar-refractivity contribution in [3.63, 3.8) is 0 Å². The van der Waals surface area contributed by atoms with E-state index in [0.29, 0.717) is 12.6 Å². The number of rotatable bonds is 7. The van der Waals surface area contributed by atoms with E-state index in [-0.39, 0.29) is 12.6 Å². The molecule has 1 fully saturated rings. The van der Waals surface area contributed by atoms with Crippen molar-refractivity contribution in [2.45, 2.75) is 45.2 Å². The number of aryl methyl sites for hydroxylation is 1. The number of nitrogens with zero attached hydrogens (tertiary/aromatic N) is 1. The number of amides is 2. The highest BCUT2D eigenvalue weighted by atomic mass is 32.1. The summed E-state index contributed by atoms with van der Waals surface area (Å²) in [7, 11) is 0. The van der Waals surface area contributed by atoms with Crippen molar-refractivity contribution in [2.24, 2.45) is 0 Å². The fraction of sp³-hybridized carbons (Fsp3) is 0.643. The molecule has 106 valence electrons. The number of hydrogen-bond acceptors (Lipinski definition) is 3. The van der Waals surface area contributed by atoms with E-state index in [1.54, 1.807) is 11.3 Å². The zero-order chi connectivity index (χ0) is 13.7. The number of aliphatic hydroxyl groups excluding tert-OH is 1. The molecule has 1 heterocycles. The molecule has 0 radical (unpaired) electrons. The molecule has 0 aromatic carbocycles. The first-order chi connectivity index (χ1) is 9.20. The Morgan fingerprint density at radius 2 is 2.26 bits per heavy atom. The third kappa shape index (κ3) is 4.51. The average molecular weight is 282 g/mol. The maximum absolute atomic E-state index is 12.2. The van der Waals surface area contributed by atoms with Crippen molar-refractivity contribution in [1.82, 2.24) is 10.2 Å². The van der Waals surface area contributed by atoms with Gasteiger partial charge in [0.05, 0.1) is 6.54 Å². The summed E-state index contributed by atoms with van der Waals surface area (Å²) in [6.07, 6.45) is 3.87. The Bertz CT molecular complexity index is 415. The molecule has 2 rings (SSSR count). The Morgan fingerprint density at radius 3 is 2.84 bits per heavy atom. The van der Waals surface area contributed by atoms with Crippen LogP contribution >= 0.6 is 11.3 Å². The molecule has 1 aliphatic carbocycles. The molecular formula is C14H22N2O2S. The highest BCUT2D eigenvalue weighted by Crippen LogP contribution is 2.27. The number of unbranched alkanes of at least 4 members (excludes halogenated alkanes) is 1. The van der Waals surface area contributed by atoms with Gasteiger partial charge in [0.1, 0.15) is 0 Å². The Morgan fingerprint density at radius 1 is 1.47 bits per heavy atom. The standard InChI is InChI=1S/C14H22N2O2S/c1-11-4-7-13(19-11)10-15-14(18)16(12-5-6-12)8-2-3-9-17/h4,7,12,17H,2-3,5-6,8-10H2,1H3,(H,15,18). The van der Waals surface area contributed by atoms with E-state index >= 15 is 0 Å². The van der Waals surface area contributed by atoms with Crippen molar-refractivity contribution < 1.29 is 9.90 Å². The minimum atomic E-state index is 0.0338. The molecule has 1 saturated carbocycles. The Labute approximate surface area is 118 Å². The van der Waals surface area contributed by atoms with Crippen molar-refractivity contribution in [3.05, 3.63) is 21.9 Å². The molecule has 5 heteroatoms. The molecule has 1 aromatic rings. The monoisotopic (exact) mass is 282 g/mol. The lowest BCUT2D eigenvalue weighted by Gasteiger charge is -2.22. The number of aliphatic hydroxyl groups is 1. The van der Waals surface area contributed by atoms with Gasteiger partial charge >= 0.3 is 6.03 Å². The molecule has 0 unspecified atom stereocenters. The molecular weight excluding hydrogens is 260 g/mol. The molecule has 2 amide bonds. The van der Waals surface area contributed by atoms with Crippen LogP contribution in [0, 0.1) is 6.92 Å². The maximum atomic E-state index is 12.2. The van der Waals surface area contributed by atoms with E-state index in [1.165, 1.54) is 9.75 Å². The normalized spacial score (nSPS) is 14.4. The van der Waals surface area contributed by atoms with Crippen LogP contribution in [0.5, 0.6) is 0 Å². The van der Waals surface area contributed by atoms with Gasteiger partial charge in [0, 0.05) is 28.9 Å². The Kier molecular flexibility index (Phi) is 5.22. The van der Waals surface area contributed by atoms with E-state index in [9.17, 15) is 4.79 Å². The van der Waals surface area contributed by atoms with Gasteiger partial charge in [-0.05, 0) is 44.7 Å². The lowest BCUT2D eigenvalue weighted by molar-refractivity contribution is 0.190. The molecule has 2 N–H and O–H groups in total. The van der Waals surface area contributed by atoms with Crippen LogP contribution in [0.25, 0.3) is 0 Å². The number of carbonyl (C=O) groups excluding carboxylic acids is 1. The van der Waals surface area contributed by atoms with Crippen LogP contribution in [0.4, 0.5) is 4.79 Å². The number of carbonyl (C=O) groups is 1. The van der Waals surface area contributed by atoms with Crippen LogP contribution in [0.3, 0.4) is 0 Å². The van der Waals surface area contributed by atoms with E-state index in [1.807, 2.05) is 4.90 Å². The van der Waals surface area contributed by atoms with Gasteiger partial charge in [0.15, 0.2) is 0 Å². The molecule has 0 aliphatic heterocycles. The molecule has 0 bridgehead atoms. The first-order valence-corrected chi connectivity index (χ1v) is 7.73. The number of hydrogen-bond donors (Lipinski definition) is 2. The zero-order valence-corrected chi connectivity index (χ0v) is 12.2. The van der Waals surface area contributed by atoms with E-state index in [0.717, 1.165) is 32.2 Å². The fourth-order valence-corrected chi connectivity index (χ4v) is 2.90. The van der Waals surface area contributed by atoms with Gasteiger partial charge in [-0.15, -0.1) is 11.3 Å². The summed E-state index contributed by atoms with van der Waals surface area (Å²) >= 11 is 1.72. The second-order valence-corrected chi connectivity index (χ2v) is 6.40. The van der Waals surface area contributed by atoms with Gasteiger partial charge in [-0.1, -0.05) is 0 Å². The summed E-state index contributed by atoms with van der Waals surface area (Å²) in [5.41, 5.74) is 0. The van der Waals surface area contributed by atoms with E-state index in [4.69, 9.17) is 5.11 Å². The van der Waals surface area contributed by atoms with Crippen LogP contribution in [0.15, 0.2) is 12.1 Å². The largest absolute Gasteiger partial charge is 0.396 e. The van der Waals surface area contributed by atoms with Gasteiger partial charge in [-0.2, -0.15) is 0 Å². The first kappa shape index (κ1) is 14.3. The van der Waals surface area contributed by atoms with Crippen LogP contribution in [-0.2, 0) is 6.54 Å². The molecule has 0 spiro atoms. The minimum absolute atomic E-state index is 0.0338. The van der Waals surface area contributed by atoms with Crippen molar-refractivity contribution in [1.29, 1.82) is 0 Å². The number of urea groups is 1. The van der Waals surface area contributed by atoms with Crippen molar-refractivity contribution in [2.75, 3.05) is 13.2 Å². The number of thiophene rings is 1. The molecule has 0 atom stereocenters. The minimum Gasteiger partial charge on any atom is -0.396 e. The molecule has 0 saturated heterocycles. The Balaban J connectivity index is 1.78. The predicted molar refractivity (Wildman–Crippen MR) is 77.3 cm³/mol. The summed E-state index contributed by atoms with van der Waals surface area (Å²) < 4.78 is 0. The molecule has 1 aliphatic rings. The summed E-state index contributed by atoms with van der Waals surface area (Å²) in [5, 5.41) is 11.8. The lowest BCUT2D eigenvalue weighted by atomic mass is 10.3. The second kappa shape index (κ2) is 6.91. The van der Waals surface area contributed by atoms with Gasteiger partial charge in [-0.25, -0.2) is 4.79 Å². The molecule has 1 aromatic heterocycles. The average Bonchev–Trinajstić information content (AvgIpc) is 3.14. The third-order valence-electron chi connectivity index (χ3n) is 3.27. The van der Waals surface area contributed by atoms with Gasteiger partial charge in [0.25, 0.3) is 0 Å². The number of nitrogens with one attached hydrogen (secondary N) is 1. The van der Waals surface area contributed by atoms with Crippen molar-refractivity contribution >= 4 is 17.4 Å². The third-order valence-corrected chi connectivity index (χ3v) is 4.27. The van der Waals surface area contributed by atoms with E-state index in [2.05, 4.69) is 24.4 Å². The van der Waals surface area contributed by atoms with Gasteiger partial charge in [-0.3, -0.25) is 0 Å². The highest BCUT2D eigenvalue weighted by molar-refractivity contribution is 7.11. The second-order valence-electron chi connectivity index (χ2n) is 5.03. The van der Waals surface area contributed by atoms with Gasteiger partial charge < -0.3 is 15.3 Å². The zero-order valence-electron chi connectivity index (χ0n) is 11.4. The van der Waals surface area contributed by atoms with Crippen LogP contribution in [-0.4, -0.2) is 35.2 Å². The smallest absolute Gasteiger partial charge is 0.317 e. The predicted octanol–water partition coefficient (Wildman–Crippen LogP) is 2.50. The SMILES string of the molecule is Cc1ccc(CNC(=O)N(CCCCO)C2CC2)s1. The summed E-state index contributed by atoms with van der Waals surface area (Å²) in [6.45, 7) is 3.64.